The molecule has 0 N–H and O–H groups in total. The molecule has 1 aromatic heterocycles. The molecule has 1 aromatic rings. The van der Waals surface area contributed by atoms with Gasteiger partial charge in [0.25, 0.3) is 5.88 Å². The van der Waals surface area contributed by atoms with Crippen LogP contribution in [0.25, 0.3) is 0 Å². The fraction of sp³-hybridized carbons (Fsp3) is 0.556. The van der Waals surface area contributed by atoms with Crippen LogP contribution >= 0.6 is 11.6 Å². The summed E-state index contributed by atoms with van der Waals surface area (Å²) in [6, 6.07) is 0. The molecule has 0 aromatic carbocycles. The second-order valence-electron chi connectivity index (χ2n) is 2.83. The van der Waals surface area contributed by atoms with Gasteiger partial charge in [0.05, 0.1) is 18.0 Å². The topological polar surface area (TPSA) is 44.2 Å². The van der Waals surface area contributed by atoms with E-state index in [0.29, 0.717) is 24.2 Å². The molecule has 78 valence electrons. The average Bonchev–Trinajstić information content (AvgIpc) is 2.14. The van der Waals surface area contributed by atoms with E-state index in [1.165, 1.54) is 0 Å². The van der Waals surface area contributed by atoms with Crippen LogP contribution in [0.2, 0.25) is 5.15 Å². The maximum absolute atomic E-state index is 5.84. The van der Waals surface area contributed by atoms with Gasteiger partial charge in [-0.1, -0.05) is 11.6 Å². The van der Waals surface area contributed by atoms with Gasteiger partial charge in [0, 0.05) is 7.11 Å². The fourth-order valence-electron chi connectivity index (χ4n) is 0.869. The van der Waals surface area contributed by atoms with E-state index in [-0.39, 0.29) is 0 Å². The molecule has 0 bridgehead atoms. The van der Waals surface area contributed by atoms with Gasteiger partial charge in [-0.05, 0) is 13.8 Å². The molecule has 0 aliphatic carbocycles. The third-order valence-electron chi connectivity index (χ3n) is 1.76. The minimum atomic E-state index is 0.296. The molecule has 0 aliphatic rings. The first-order valence-corrected chi connectivity index (χ1v) is 4.65. The summed E-state index contributed by atoms with van der Waals surface area (Å²) < 4.78 is 10.1. The monoisotopic (exact) mass is 216 g/mol. The van der Waals surface area contributed by atoms with E-state index in [1.54, 1.807) is 7.11 Å². The van der Waals surface area contributed by atoms with E-state index >= 15 is 0 Å². The Bertz CT molecular complexity index is 318. The first kappa shape index (κ1) is 11.2. The van der Waals surface area contributed by atoms with Crippen molar-refractivity contribution in [1.82, 2.24) is 9.97 Å². The second-order valence-corrected chi connectivity index (χ2v) is 3.19. The molecule has 0 amide bonds. The Labute approximate surface area is 88.2 Å². The summed E-state index contributed by atoms with van der Waals surface area (Å²) >= 11 is 5.84. The smallest absolute Gasteiger partial charge is 0.252 e. The number of halogens is 1. The van der Waals surface area contributed by atoms with Gasteiger partial charge >= 0.3 is 0 Å². The highest BCUT2D eigenvalue weighted by molar-refractivity contribution is 6.30. The lowest BCUT2D eigenvalue weighted by molar-refractivity contribution is 0.143. The molecule has 0 unspecified atom stereocenters. The quantitative estimate of drug-likeness (QED) is 0.720. The Balaban J connectivity index is 2.72. The number of nitrogens with zero attached hydrogens (tertiary/aromatic N) is 2. The van der Waals surface area contributed by atoms with Crippen LogP contribution in [0.4, 0.5) is 0 Å². The van der Waals surface area contributed by atoms with Gasteiger partial charge in [0.15, 0.2) is 5.15 Å². The summed E-state index contributed by atoms with van der Waals surface area (Å²) in [5, 5.41) is 0.296. The van der Waals surface area contributed by atoms with Gasteiger partial charge in [-0.3, -0.25) is 0 Å². The zero-order valence-corrected chi connectivity index (χ0v) is 9.26. The summed E-state index contributed by atoms with van der Waals surface area (Å²) in [5.41, 5.74) is 1.64. The van der Waals surface area contributed by atoms with Crippen molar-refractivity contribution in [2.75, 3.05) is 20.3 Å². The summed E-state index contributed by atoms with van der Waals surface area (Å²) in [6.45, 7) is 4.65. The second kappa shape index (κ2) is 5.12. The first-order valence-electron chi connectivity index (χ1n) is 4.27. The third kappa shape index (κ3) is 2.82. The first-order chi connectivity index (χ1) is 6.65. The van der Waals surface area contributed by atoms with Crippen LogP contribution in [0, 0.1) is 13.8 Å². The van der Waals surface area contributed by atoms with Crippen molar-refractivity contribution >= 4 is 11.6 Å². The molecule has 14 heavy (non-hydrogen) atoms. The zero-order chi connectivity index (χ0) is 10.6. The van der Waals surface area contributed by atoms with E-state index in [2.05, 4.69) is 9.97 Å². The molecule has 1 rings (SSSR count). The highest BCUT2D eigenvalue weighted by Gasteiger charge is 2.07. The van der Waals surface area contributed by atoms with E-state index in [4.69, 9.17) is 21.1 Å². The normalized spacial score (nSPS) is 10.3. The molecule has 1 heterocycles. The Hall–Kier alpha value is -0.870. The van der Waals surface area contributed by atoms with Crippen LogP contribution in [0.3, 0.4) is 0 Å². The Morgan fingerprint density at radius 2 is 1.79 bits per heavy atom. The highest BCUT2D eigenvalue weighted by atomic mass is 35.5. The molecular formula is C9H13ClN2O2. The maximum atomic E-state index is 5.84. The number of ether oxygens (including phenoxy) is 2. The fourth-order valence-corrected chi connectivity index (χ4v) is 1.09. The third-order valence-corrected chi connectivity index (χ3v) is 2.01. The minimum absolute atomic E-state index is 0.296. The van der Waals surface area contributed by atoms with Crippen molar-refractivity contribution in [2.24, 2.45) is 0 Å². The lowest BCUT2D eigenvalue weighted by atomic mass is 10.3. The molecule has 0 aliphatic heterocycles. The number of hydrogen-bond acceptors (Lipinski definition) is 4. The molecular weight excluding hydrogens is 204 g/mol. The van der Waals surface area contributed by atoms with E-state index in [9.17, 15) is 0 Å². The molecule has 0 radical (unpaired) electrons. The molecule has 0 spiro atoms. The predicted octanol–water partition coefficient (Wildman–Crippen LogP) is 1.77. The van der Waals surface area contributed by atoms with Gasteiger partial charge in [-0.2, -0.15) is 0 Å². The van der Waals surface area contributed by atoms with Crippen LogP contribution in [0.15, 0.2) is 0 Å². The van der Waals surface area contributed by atoms with Crippen molar-refractivity contribution in [1.29, 1.82) is 0 Å². The van der Waals surface area contributed by atoms with Crippen molar-refractivity contribution in [3.8, 4) is 5.88 Å². The number of aryl methyl sites for hydroxylation is 2. The van der Waals surface area contributed by atoms with Crippen LogP contribution in [0.5, 0.6) is 5.88 Å². The summed E-state index contributed by atoms with van der Waals surface area (Å²) in [7, 11) is 1.61. The van der Waals surface area contributed by atoms with E-state index in [1.807, 2.05) is 13.8 Å². The predicted molar refractivity (Wildman–Crippen MR) is 53.9 cm³/mol. The largest absolute Gasteiger partial charge is 0.473 e. The minimum Gasteiger partial charge on any atom is -0.473 e. The van der Waals surface area contributed by atoms with Gasteiger partial charge < -0.3 is 9.47 Å². The standard InChI is InChI=1S/C9H13ClN2O2/c1-6-7(2)12-9(8(10)11-6)14-5-4-13-3/h4-5H2,1-3H3. The van der Waals surface area contributed by atoms with Crippen molar-refractivity contribution < 1.29 is 9.47 Å². The molecule has 4 nitrogen and oxygen atoms in total. The molecule has 0 saturated carbocycles. The maximum Gasteiger partial charge on any atom is 0.252 e. The average molecular weight is 217 g/mol. The van der Waals surface area contributed by atoms with Gasteiger partial charge in [0.1, 0.15) is 6.61 Å². The van der Waals surface area contributed by atoms with Crippen molar-refractivity contribution in [3.63, 3.8) is 0 Å². The number of rotatable bonds is 4. The summed E-state index contributed by atoms with van der Waals surface area (Å²) in [5.74, 6) is 0.367. The number of methoxy groups -OCH3 is 1. The SMILES string of the molecule is COCCOc1nc(C)c(C)nc1Cl. The number of hydrogen-bond donors (Lipinski definition) is 0. The lowest BCUT2D eigenvalue weighted by Crippen LogP contribution is -2.07. The Morgan fingerprint density at radius 1 is 1.14 bits per heavy atom. The molecule has 0 atom stereocenters. The molecule has 5 heteroatoms. The van der Waals surface area contributed by atoms with Crippen LogP contribution in [-0.2, 0) is 4.74 Å². The van der Waals surface area contributed by atoms with Gasteiger partial charge in [-0.15, -0.1) is 0 Å². The Kier molecular flexibility index (Phi) is 4.10. The van der Waals surface area contributed by atoms with Crippen molar-refractivity contribution in [2.45, 2.75) is 13.8 Å². The lowest BCUT2D eigenvalue weighted by Gasteiger charge is -2.07. The molecule has 0 fully saturated rings. The van der Waals surface area contributed by atoms with E-state index in [0.717, 1.165) is 11.4 Å². The van der Waals surface area contributed by atoms with Gasteiger partial charge in [0.2, 0.25) is 0 Å². The number of aromatic nitrogens is 2. The Morgan fingerprint density at radius 3 is 2.43 bits per heavy atom. The van der Waals surface area contributed by atoms with Crippen LogP contribution in [-0.4, -0.2) is 30.3 Å². The van der Waals surface area contributed by atoms with Crippen LogP contribution < -0.4 is 4.74 Å². The van der Waals surface area contributed by atoms with Gasteiger partial charge in [-0.25, -0.2) is 9.97 Å². The summed E-state index contributed by atoms with van der Waals surface area (Å²) in [4.78, 5) is 8.26. The zero-order valence-electron chi connectivity index (χ0n) is 8.50. The highest BCUT2D eigenvalue weighted by Crippen LogP contribution is 2.20. The van der Waals surface area contributed by atoms with Crippen molar-refractivity contribution in [3.05, 3.63) is 16.5 Å². The van der Waals surface area contributed by atoms with Crippen LogP contribution in [0.1, 0.15) is 11.4 Å². The van der Waals surface area contributed by atoms with E-state index < -0.39 is 0 Å². The molecule has 0 saturated heterocycles. The summed E-state index contributed by atoms with van der Waals surface area (Å²) in [6.07, 6.45) is 0.